The Bertz CT molecular complexity index is 535. The highest BCUT2D eigenvalue weighted by Gasteiger charge is 2.60. The van der Waals surface area contributed by atoms with Crippen molar-refractivity contribution in [1.29, 1.82) is 0 Å². The van der Waals surface area contributed by atoms with E-state index < -0.39 is 0 Å². The van der Waals surface area contributed by atoms with Gasteiger partial charge in [0.1, 0.15) is 4.49 Å². The van der Waals surface area contributed by atoms with Gasteiger partial charge in [-0.15, -0.1) is 0 Å². The summed E-state index contributed by atoms with van der Waals surface area (Å²) in [5, 5.41) is 3.46. The van der Waals surface area contributed by atoms with E-state index in [4.69, 9.17) is 34.8 Å². The van der Waals surface area contributed by atoms with Crippen molar-refractivity contribution in [3.05, 3.63) is 39.9 Å². The number of hydrogen-bond acceptors (Lipinski definition) is 1. The fourth-order valence-electron chi connectivity index (χ4n) is 2.41. The Morgan fingerprint density at radius 3 is 2.63 bits per heavy atom. The van der Waals surface area contributed by atoms with Gasteiger partial charge in [-0.05, 0) is 35.6 Å². The Hall–Kier alpha value is -0.700. The Labute approximate surface area is 127 Å². The molecule has 0 unspecified atom stereocenters. The molecule has 102 valence electrons. The first-order chi connectivity index (χ1) is 8.82. The lowest BCUT2D eigenvalue weighted by Crippen LogP contribution is -2.16. The van der Waals surface area contributed by atoms with E-state index in [0.717, 1.165) is 0 Å². The lowest BCUT2D eigenvalue weighted by atomic mass is 10.1. The number of amides is 1. The second kappa shape index (κ2) is 5.35. The molecule has 0 heterocycles. The van der Waals surface area contributed by atoms with E-state index in [1.807, 2.05) is 13.8 Å². The highest BCUT2D eigenvalue weighted by atomic mass is 35.5. The number of nitrogens with one attached hydrogen (secondary N) is 1. The zero-order valence-electron chi connectivity index (χ0n) is 10.6. The van der Waals surface area contributed by atoms with Crippen molar-refractivity contribution in [2.75, 3.05) is 5.32 Å². The average molecular weight is 319 g/mol. The first-order valence-corrected chi connectivity index (χ1v) is 7.05. The topological polar surface area (TPSA) is 29.1 Å². The Morgan fingerprint density at radius 2 is 2.05 bits per heavy atom. The molecule has 2 atom stereocenters. The van der Waals surface area contributed by atoms with E-state index in [-0.39, 0.29) is 27.6 Å². The van der Waals surface area contributed by atoms with Gasteiger partial charge >= 0.3 is 0 Å². The monoisotopic (exact) mass is 317 g/mol. The third-order valence-corrected chi connectivity index (χ3v) is 4.08. The van der Waals surface area contributed by atoms with Crippen molar-refractivity contribution in [2.45, 2.75) is 13.8 Å². The predicted molar refractivity (Wildman–Crippen MR) is 80.6 cm³/mol. The molecule has 0 bridgehead atoms. The third kappa shape index (κ3) is 3.25. The number of halogens is 3. The van der Waals surface area contributed by atoms with E-state index in [1.54, 1.807) is 30.3 Å². The maximum atomic E-state index is 12.2. The molecule has 1 aliphatic carbocycles. The van der Waals surface area contributed by atoms with Crippen LogP contribution in [0.25, 0.3) is 0 Å². The largest absolute Gasteiger partial charge is 0.326 e. The molecule has 0 aliphatic heterocycles. The van der Waals surface area contributed by atoms with Crippen LogP contribution in [0.15, 0.2) is 34.8 Å². The number of allylic oxidation sites excluding steroid dienone is 1. The Balaban J connectivity index is 2.08. The van der Waals surface area contributed by atoms with E-state index in [1.165, 1.54) is 0 Å². The molecule has 5 heteroatoms. The molecule has 1 N–H and O–H groups in total. The molecular formula is C14H14Cl3NO. The molecule has 1 aromatic carbocycles. The van der Waals surface area contributed by atoms with Gasteiger partial charge in [0.25, 0.3) is 0 Å². The minimum atomic E-state index is -0.127. The minimum Gasteiger partial charge on any atom is -0.326 e. The van der Waals surface area contributed by atoms with Gasteiger partial charge < -0.3 is 5.32 Å². The number of hydrogen-bond donors (Lipinski definition) is 1. The smallest absolute Gasteiger partial charge is 0.228 e. The summed E-state index contributed by atoms with van der Waals surface area (Å²) in [4.78, 5) is 12.2. The van der Waals surface area contributed by atoms with Crippen molar-refractivity contribution >= 4 is 46.4 Å². The summed E-state index contributed by atoms with van der Waals surface area (Å²) < 4.78 is 0.205. The quantitative estimate of drug-likeness (QED) is 0.846. The molecule has 1 saturated carbocycles. The summed E-state index contributed by atoms with van der Waals surface area (Å²) in [5.41, 5.74) is 0.567. The second-order valence-corrected chi connectivity index (χ2v) is 6.73. The Kier molecular flexibility index (Phi) is 4.14. The fourth-order valence-corrected chi connectivity index (χ4v) is 2.87. The van der Waals surface area contributed by atoms with Crippen molar-refractivity contribution in [3.63, 3.8) is 0 Å². The first-order valence-electron chi connectivity index (χ1n) is 5.91. The van der Waals surface area contributed by atoms with Gasteiger partial charge in [0.2, 0.25) is 5.91 Å². The molecule has 1 aliphatic rings. The zero-order chi connectivity index (χ0) is 14.2. The van der Waals surface area contributed by atoms with Crippen LogP contribution in [0.3, 0.4) is 0 Å². The normalized spacial score (nSPS) is 23.6. The van der Waals surface area contributed by atoms with E-state index >= 15 is 0 Å². The highest BCUT2D eigenvalue weighted by molar-refractivity contribution is 6.55. The van der Waals surface area contributed by atoms with Crippen molar-refractivity contribution < 1.29 is 4.79 Å². The summed E-state index contributed by atoms with van der Waals surface area (Å²) in [6, 6.07) is 7.08. The van der Waals surface area contributed by atoms with Crippen LogP contribution in [0.4, 0.5) is 5.69 Å². The average Bonchev–Trinajstić information content (AvgIpc) is 2.79. The molecule has 19 heavy (non-hydrogen) atoms. The first kappa shape index (κ1) is 14.7. The van der Waals surface area contributed by atoms with Crippen LogP contribution in [-0.4, -0.2) is 5.91 Å². The molecule has 1 amide bonds. The summed E-state index contributed by atoms with van der Waals surface area (Å²) in [7, 11) is 0. The van der Waals surface area contributed by atoms with Gasteiger partial charge in [-0.25, -0.2) is 0 Å². The fraction of sp³-hybridized carbons (Fsp3) is 0.357. The van der Waals surface area contributed by atoms with Gasteiger partial charge in [0.15, 0.2) is 0 Å². The molecule has 0 spiro atoms. The summed E-state index contributed by atoms with van der Waals surface area (Å²) in [6.45, 7) is 4.04. The highest BCUT2D eigenvalue weighted by Crippen LogP contribution is 2.60. The van der Waals surface area contributed by atoms with Gasteiger partial charge in [0.05, 0.1) is 5.92 Å². The number of rotatable bonds is 3. The number of anilines is 1. The standard InChI is InChI=1S/C14H14Cl3NO/c1-14(2)10(7-11(16)17)12(14)13(19)18-9-5-3-4-8(15)6-9/h3-7,10,12H,1-2H3,(H,18,19)/t10-,12+/m0/s1. The maximum absolute atomic E-state index is 12.2. The zero-order valence-corrected chi connectivity index (χ0v) is 12.9. The van der Waals surface area contributed by atoms with Gasteiger partial charge in [-0.1, -0.05) is 54.7 Å². The number of carbonyl (C=O) groups excluding carboxylic acids is 1. The second-order valence-electron chi connectivity index (χ2n) is 5.28. The van der Waals surface area contributed by atoms with Crippen LogP contribution >= 0.6 is 34.8 Å². The van der Waals surface area contributed by atoms with E-state index in [9.17, 15) is 4.79 Å². The van der Waals surface area contributed by atoms with Gasteiger partial charge in [-0.2, -0.15) is 0 Å². The lowest BCUT2D eigenvalue weighted by Gasteiger charge is -2.06. The van der Waals surface area contributed by atoms with E-state index in [2.05, 4.69) is 5.32 Å². The van der Waals surface area contributed by atoms with Crippen LogP contribution in [0.1, 0.15) is 13.8 Å². The van der Waals surface area contributed by atoms with Crippen LogP contribution in [0, 0.1) is 17.3 Å². The molecule has 0 saturated heterocycles. The minimum absolute atomic E-state index is 0.0388. The van der Waals surface area contributed by atoms with Crippen molar-refractivity contribution in [3.8, 4) is 0 Å². The van der Waals surface area contributed by atoms with Crippen LogP contribution < -0.4 is 5.32 Å². The molecular weight excluding hydrogens is 305 g/mol. The predicted octanol–water partition coefficient (Wildman–Crippen LogP) is 4.87. The molecule has 2 nitrogen and oxygen atoms in total. The van der Waals surface area contributed by atoms with Gasteiger partial charge in [-0.3, -0.25) is 4.79 Å². The van der Waals surface area contributed by atoms with Crippen LogP contribution in [0.5, 0.6) is 0 Å². The molecule has 1 aromatic rings. The number of carbonyl (C=O) groups is 1. The lowest BCUT2D eigenvalue weighted by molar-refractivity contribution is -0.118. The molecule has 2 rings (SSSR count). The summed E-state index contributed by atoms with van der Waals surface area (Å²) >= 11 is 17.2. The SMILES string of the molecule is CC1(C)[C@@H](C=C(Cl)Cl)[C@@H]1C(=O)Nc1cccc(Cl)c1. The van der Waals surface area contributed by atoms with Crippen molar-refractivity contribution in [2.24, 2.45) is 17.3 Å². The summed E-state index contributed by atoms with van der Waals surface area (Å²) in [6.07, 6.45) is 1.73. The van der Waals surface area contributed by atoms with E-state index in [0.29, 0.717) is 10.7 Å². The van der Waals surface area contributed by atoms with Gasteiger partial charge in [0, 0.05) is 10.7 Å². The summed E-state index contributed by atoms with van der Waals surface area (Å²) in [5.74, 6) is -0.0984. The van der Waals surface area contributed by atoms with Crippen LogP contribution in [-0.2, 0) is 4.79 Å². The van der Waals surface area contributed by atoms with Crippen LogP contribution in [0.2, 0.25) is 5.02 Å². The number of benzene rings is 1. The molecule has 0 aromatic heterocycles. The van der Waals surface area contributed by atoms with Crippen molar-refractivity contribution in [1.82, 2.24) is 0 Å². The molecule has 1 fully saturated rings. The maximum Gasteiger partial charge on any atom is 0.228 e. The molecule has 0 radical (unpaired) electrons. The third-order valence-electron chi connectivity index (χ3n) is 3.59. The Morgan fingerprint density at radius 1 is 1.37 bits per heavy atom.